The first-order valence-electron chi connectivity index (χ1n) is 9.78. The quantitative estimate of drug-likeness (QED) is 0.459. The Morgan fingerprint density at radius 1 is 1.10 bits per heavy atom. The molecular weight excluding hydrogens is 400 g/mol. The first kappa shape index (κ1) is 18.7. The molecule has 1 aliphatic rings. The smallest absolute Gasteiger partial charge is 0.258 e. The van der Waals surface area contributed by atoms with Gasteiger partial charge in [0.25, 0.3) is 5.56 Å². The van der Waals surface area contributed by atoms with E-state index in [1.165, 1.54) is 0 Å². The number of fused-ring (bicyclic) bond motifs is 2. The molecule has 0 atom stereocenters. The van der Waals surface area contributed by atoms with Gasteiger partial charge in [-0.05, 0) is 37.3 Å². The van der Waals surface area contributed by atoms with Crippen molar-refractivity contribution >= 4 is 17.4 Å². The maximum absolute atomic E-state index is 12.3. The molecule has 0 N–H and O–H groups in total. The van der Waals surface area contributed by atoms with E-state index in [2.05, 4.69) is 21.5 Å². The summed E-state index contributed by atoms with van der Waals surface area (Å²) in [4.78, 5) is 21.5. The predicted octanol–water partition coefficient (Wildman–Crippen LogP) is 3.64. The third-order valence-electron chi connectivity index (χ3n) is 4.95. The van der Waals surface area contributed by atoms with E-state index in [4.69, 9.17) is 9.47 Å². The van der Waals surface area contributed by atoms with E-state index in [-0.39, 0.29) is 5.56 Å². The number of hydrogen-bond acceptors (Lipinski definition) is 6. The van der Waals surface area contributed by atoms with E-state index in [1.54, 1.807) is 28.4 Å². The highest BCUT2D eigenvalue weighted by molar-refractivity contribution is 7.98. The van der Waals surface area contributed by atoms with Crippen LogP contribution in [0.25, 0.3) is 16.9 Å². The molecule has 30 heavy (non-hydrogen) atoms. The van der Waals surface area contributed by atoms with Gasteiger partial charge in [-0.2, -0.15) is 0 Å². The highest BCUT2D eigenvalue weighted by Gasteiger charge is 2.16. The van der Waals surface area contributed by atoms with Crippen molar-refractivity contribution < 1.29 is 9.47 Å². The minimum atomic E-state index is -0.0769. The lowest BCUT2D eigenvalue weighted by Gasteiger charge is -2.19. The summed E-state index contributed by atoms with van der Waals surface area (Å²) in [5.41, 5.74) is 3.36. The minimum absolute atomic E-state index is 0.0769. The normalized spacial score (nSPS) is 13.0. The Balaban J connectivity index is 1.41. The van der Waals surface area contributed by atoms with E-state index in [0.29, 0.717) is 24.6 Å². The fourth-order valence-corrected chi connectivity index (χ4v) is 4.46. The standard InChI is InChI=1S/C22H20N4O3S/c1-2-25-17(15-6-7-18-19(11-15)29-10-9-28-18)13-23-22(25)30-14-16-12-21(27)26-8-4-3-5-20(26)24-16/h3-8,11-13H,2,9-10,14H2,1H3. The zero-order chi connectivity index (χ0) is 20.5. The molecule has 8 heteroatoms. The van der Waals surface area contributed by atoms with Crippen LogP contribution in [0.1, 0.15) is 12.6 Å². The van der Waals surface area contributed by atoms with Gasteiger partial charge in [0.15, 0.2) is 16.7 Å². The summed E-state index contributed by atoms with van der Waals surface area (Å²) >= 11 is 1.57. The number of aromatic nitrogens is 4. The van der Waals surface area contributed by atoms with E-state index >= 15 is 0 Å². The van der Waals surface area contributed by atoms with Gasteiger partial charge in [0, 0.05) is 30.1 Å². The van der Waals surface area contributed by atoms with Gasteiger partial charge < -0.3 is 14.0 Å². The average Bonchev–Trinajstić information content (AvgIpc) is 3.20. The molecule has 152 valence electrons. The highest BCUT2D eigenvalue weighted by Crippen LogP contribution is 2.35. The summed E-state index contributed by atoms with van der Waals surface area (Å²) in [5, 5.41) is 0.887. The molecule has 4 heterocycles. The minimum Gasteiger partial charge on any atom is -0.486 e. The van der Waals surface area contributed by atoms with Crippen LogP contribution < -0.4 is 15.0 Å². The molecule has 0 spiro atoms. The highest BCUT2D eigenvalue weighted by atomic mass is 32.2. The number of imidazole rings is 1. The fraction of sp³-hybridized carbons (Fsp3) is 0.227. The van der Waals surface area contributed by atoms with Gasteiger partial charge in [-0.15, -0.1) is 0 Å². The Hall–Kier alpha value is -3.26. The molecule has 3 aromatic heterocycles. The summed E-state index contributed by atoms with van der Waals surface area (Å²) in [6, 6.07) is 13.1. The van der Waals surface area contributed by atoms with E-state index < -0.39 is 0 Å². The zero-order valence-corrected chi connectivity index (χ0v) is 17.3. The van der Waals surface area contributed by atoms with Gasteiger partial charge in [0.05, 0.1) is 17.6 Å². The third-order valence-corrected chi connectivity index (χ3v) is 5.97. The molecule has 4 aromatic rings. The number of pyridine rings is 1. The van der Waals surface area contributed by atoms with Crippen LogP contribution in [-0.2, 0) is 12.3 Å². The molecule has 0 bridgehead atoms. The van der Waals surface area contributed by atoms with Crippen molar-refractivity contribution in [1.29, 1.82) is 0 Å². The van der Waals surface area contributed by atoms with Crippen molar-refractivity contribution in [2.45, 2.75) is 24.4 Å². The van der Waals surface area contributed by atoms with Crippen LogP contribution in [0.4, 0.5) is 0 Å². The Morgan fingerprint density at radius 3 is 2.83 bits per heavy atom. The maximum Gasteiger partial charge on any atom is 0.258 e. The molecule has 0 saturated heterocycles. The van der Waals surface area contributed by atoms with Crippen molar-refractivity contribution in [1.82, 2.24) is 18.9 Å². The summed E-state index contributed by atoms with van der Waals surface area (Å²) in [6.45, 7) is 4.00. The number of hydrogen-bond donors (Lipinski definition) is 0. The molecule has 0 saturated carbocycles. The van der Waals surface area contributed by atoms with Crippen LogP contribution in [0.15, 0.2) is 64.8 Å². The monoisotopic (exact) mass is 420 g/mol. The van der Waals surface area contributed by atoms with Gasteiger partial charge in [0.2, 0.25) is 0 Å². The molecule has 7 nitrogen and oxygen atoms in total. The van der Waals surface area contributed by atoms with Gasteiger partial charge in [-0.1, -0.05) is 17.8 Å². The summed E-state index contributed by atoms with van der Waals surface area (Å²) in [6.07, 6.45) is 3.60. The molecule has 0 fully saturated rings. The number of nitrogens with zero attached hydrogens (tertiary/aromatic N) is 4. The molecule has 0 radical (unpaired) electrons. The molecule has 0 unspecified atom stereocenters. The van der Waals surface area contributed by atoms with E-state index in [1.807, 2.05) is 42.6 Å². The Kier molecular flexibility index (Phi) is 4.92. The lowest BCUT2D eigenvalue weighted by Crippen LogP contribution is -2.15. The van der Waals surface area contributed by atoms with Gasteiger partial charge in [-0.25, -0.2) is 9.97 Å². The van der Waals surface area contributed by atoms with Crippen LogP contribution in [-0.4, -0.2) is 32.1 Å². The second-order valence-electron chi connectivity index (χ2n) is 6.83. The molecule has 1 aliphatic heterocycles. The lowest BCUT2D eigenvalue weighted by atomic mass is 10.1. The van der Waals surface area contributed by atoms with Gasteiger partial charge >= 0.3 is 0 Å². The van der Waals surface area contributed by atoms with Gasteiger partial charge in [-0.3, -0.25) is 9.20 Å². The zero-order valence-electron chi connectivity index (χ0n) is 16.4. The van der Waals surface area contributed by atoms with Crippen molar-refractivity contribution in [2.75, 3.05) is 13.2 Å². The van der Waals surface area contributed by atoms with Crippen molar-refractivity contribution in [3.05, 3.63) is 70.9 Å². The maximum atomic E-state index is 12.3. The molecular formula is C22H20N4O3S. The summed E-state index contributed by atoms with van der Waals surface area (Å²) in [5.74, 6) is 2.10. The van der Waals surface area contributed by atoms with Crippen LogP contribution in [0, 0.1) is 0 Å². The lowest BCUT2D eigenvalue weighted by molar-refractivity contribution is 0.171. The average molecular weight is 420 g/mol. The predicted molar refractivity (Wildman–Crippen MR) is 115 cm³/mol. The summed E-state index contributed by atoms with van der Waals surface area (Å²) < 4.78 is 15.0. The first-order valence-corrected chi connectivity index (χ1v) is 10.8. The van der Waals surface area contributed by atoms with Crippen LogP contribution in [0.5, 0.6) is 11.5 Å². The SMILES string of the molecule is CCn1c(-c2ccc3c(c2)OCCO3)cnc1SCc1cc(=O)n2ccccc2n1. The summed E-state index contributed by atoms with van der Waals surface area (Å²) in [7, 11) is 0. The molecule has 5 rings (SSSR count). The molecule has 1 aromatic carbocycles. The Morgan fingerprint density at radius 2 is 1.97 bits per heavy atom. The van der Waals surface area contributed by atoms with Gasteiger partial charge in [0.1, 0.15) is 18.9 Å². The number of thioether (sulfide) groups is 1. The fourth-order valence-electron chi connectivity index (χ4n) is 3.53. The first-order chi connectivity index (χ1) is 14.7. The van der Waals surface area contributed by atoms with Crippen LogP contribution in [0.3, 0.4) is 0 Å². The third kappa shape index (κ3) is 3.43. The Bertz CT molecular complexity index is 1280. The second kappa shape index (κ2) is 7.87. The second-order valence-corrected chi connectivity index (χ2v) is 7.77. The van der Waals surface area contributed by atoms with Crippen molar-refractivity contribution in [3.63, 3.8) is 0 Å². The van der Waals surface area contributed by atoms with Crippen LogP contribution in [0.2, 0.25) is 0 Å². The van der Waals surface area contributed by atoms with Crippen molar-refractivity contribution in [3.8, 4) is 22.8 Å². The van der Waals surface area contributed by atoms with E-state index in [9.17, 15) is 4.79 Å². The topological polar surface area (TPSA) is 70.7 Å². The largest absolute Gasteiger partial charge is 0.486 e. The Labute approximate surface area is 177 Å². The number of benzene rings is 1. The van der Waals surface area contributed by atoms with Crippen molar-refractivity contribution in [2.24, 2.45) is 0 Å². The van der Waals surface area contributed by atoms with Crippen LogP contribution >= 0.6 is 11.8 Å². The van der Waals surface area contributed by atoms with E-state index in [0.717, 1.165) is 40.2 Å². The number of rotatable bonds is 5. The molecule has 0 aliphatic carbocycles. The number of ether oxygens (including phenoxy) is 2. The molecule has 0 amide bonds.